The number of nitrogens with one attached hydrogen (secondary N) is 1. The van der Waals surface area contributed by atoms with Crippen molar-refractivity contribution in [1.29, 1.82) is 0 Å². The second-order valence-electron chi connectivity index (χ2n) is 5.65. The molecule has 2 aromatic carbocycles. The van der Waals surface area contributed by atoms with Gasteiger partial charge in [-0.1, -0.05) is 24.3 Å². The van der Waals surface area contributed by atoms with Gasteiger partial charge in [-0.3, -0.25) is 10.0 Å². The summed E-state index contributed by atoms with van der Waals surface area (Å²) in [7, 11) is 1.67. The molecule has 0 saturated carbocycles. The summed E-state index contributed by atoms with van der Waals surface area (Å²) in [4.78, 5) is 13.8. The molecule has 1 heterocycles. The van der Waals surface area contributed by atoms with Gasteiger partial charge in [-0.05, 0) is 24.3 Å². The van der Waals surface area contributed by atoms with Crippen LogP contribution >= 0.6 is 0 Å². The van der Waals surface area contributed by atoms with E-state index in [0.717, 1.165) is 11.3 Å². The van der Waals surface area contributed by atoms with Gasteiger partial charge in [0.05, 0.1) is 12.6 Å². The molecule has 0 aromatic heterocycles. The van der Waals surface area contributed by atoms with Crippen LogP contribution in [0.2, 0.25) is 0 Å². The Kier molecular flexibility index (Phi) is 4.98. The molecule has 2 N–H and O–H groups in total. The fourth-order valence-electron chi connectivity index (χ4n) is 2.87. The summed E-state index contributed by atoms with van der Waals surface area (Å²) in [5.41, 5.74) is 4.07. The third-order valence-electron chi connectivity index (χ3n) is 4.09. The molecule has 1 aliphatic heterocycles. The first kappa shape index (κ1) is 16.3. The van der Waals surface area contributed by atoms with Gasteiger partial charge in [-0.25, -0.2) is 5.48 Å². The number of hydrogen-bond donors (Lipinski definition) is 2. The van der Waals surface area contributed by atoms with Gasteiger partial charge in [0.15, 0.2) is 0 Å². The number of hydroxylamine groups is 1. The molecule has 0 radical (unpaired) electrons. The molecular formula is C18H20N2O4. The van der Waals surface area contributed by atoms with E-state index in [1.54, 1.807) is 24.7 Å². The minimum Gasteiger partial charge on any atom is -0.491 e. The van der Waals surface area contributed by atoms with Crippen LogP contribution in [0, 0.1) is 0 Å². The standard InChI is InChI=1S/C18H20N2O4/c1-23-11-16-12-24-17-9-13(18(21)19-22)7-8-14(17)10-20(16)15-5-3-2-4-6-15/h2-9,16,22H,10-12H2,1H3,(H,19,21)/t16-/m1/s1. The third kappa shape index (κ3) is 3.34. The van der Waals surface area contributed by atoms with Crippen LogP contribution in [0.5, 0.6) is 5.75 Å². The van der Waals surface area contributed by atoms with Crippen LogP contribution < -0.4 is 15.1 Å². The van der Waals surface area contributed by atoms with E-state index in [0.29, 0.717) is 31.1 Å². The van der Waals surface area contributed by atoms with Crippen LogP contribution in [-0.2, 0) is 11.3 Å². The lowest BCUT2D eigenvalue weighted by Crippen LogP contribution is -2.40. The van der Waals surface area contributed by atoms with Crippen molar-refractivity contribution in [2.24, 2.45) is 0 Å². The third-order valence-corrected chi connectivity index (χ3v) is 4.09. The molecule has 0 spiro atoms. The minimum atomic E-state index is -0.556. The predicted octanol–water partition coefficient (Wildman–Crippen LogP) is 2.22. The molecule has 126 valence electrons. The van der Waals surface area contributed by atoms with Crippen molar-refractivity contribution in [3.63, 3.8) is 0 Å². The Morgan fingerprint density at radius 2 is 2.12 bits per heavy atom. The number of amides is 1. The van der Waals surface area contributed by atoms with E-state index in [2.05, 4.69) is 17.0 Å². The van der Waals surface area contributed by atoms with Crippen molar-refractivity contribution in [3.8, 4) is 5.75 Å². The average Bonchev–Trinajstić information content (AvgIpc) is 2.81. The first-order valence-electron chi connectivity index (χ1n) is 7.73. The Morgan fingerprint density at radius 1 is 1.33 bits per heavy atom. The number of carbonyl (C=O) groups is 1. The van der Waals surface area contributed by atoms with Gasteiger partial charge in [-0.2, -0.15) is 0 Å². The maximum atomic E-state index is 11.6. The molecule has 0 aliphatic carbocycles. The second kappa shape index (κ2) is 7.33. The Balaban J connectivity index is 1.94. The lowest BCUT2D eigenvalue weighted by atomic mass is 10.1. The number of nitrogens with zero attached hydrogens (tertiary/aromatic N) is 1. The first-order valence-corrected chi connectivity index (χ1v) is 7.73. The number of para-hydroxylation sites is 1. The maximum Gasteiger partial charge on any atom is 0.274 e. The fourth-order valence-corrected chi connectivity index (χ4v) is 2.87. The number of fused-ring (bicyclic) bond motifs is 1. The minimum absolute atomic E-state index is 0.0555. The highest BCUT2D eigenvalue weighted by atomic mass is 16.5. The molecule has 1 amide bonds. The van der Waals surface area contributed by atoms with Gasteiger partial charge in [0.1, 0.15) is 12.4 Å². The van der Waals surface area contributed by atoms with Gasteiger partial charge in [0, 0.05) is 30.5 Å². The van der Waals surface area contributed by atoms with E-state index >= 15 is 0 Å². The van der Waals surface area contributed by atoms with E-state index in [-0.39, 0.29) is 6.04 Å². The molecule has 6 heteroatoms. The number of anilines is 1. The molecule has 0 bridgehead atoms. The normalized spacial score (nSPS) is 16.8. The summed E-state index contributed by atoms with van der Waals surface area (Å²) in [5, 5.41) is 8.79. The summed E-state index contributed by atoms with van der Waals surface area (Å²) < 4.78 is 11.3. The van der Waals surface area contributed by atoms with Crippen LogP contribution in [0.1, 0.15) is 15.9 Å². The molecule has 1 aliphatic rings. The van der Waals surface area contributed by atoms with Crippen LogP contribution in [-0.4, -0.2) is 37.5 Å². The predicted molar refractivity (Wildman–Crippen MR) is 89.5 cm³/mol. The fraction of sp³-hybridized carbons (Fsp3) is 0.278. The zero-order chi connectivity index (χ0) is 16.9. The summed E-state index contributed by atoms with van der Waals surface area (Å²) >= 11 is 0. The van der Waals surface area contributed by atoms with Gasteiger partial charge < -0.3 is 14.4 Å². The smallest absolute Gasteiger partial charge is 0.274 e. The number of rotatable bonds is 4. The summed E-state index contributed by atoms with van der Waals surface area (Å²) in [5.74, 6) is 0.0923. The Hall–Kier alpha value is -2.57. The molecule has 24 heavy (non-hydrogen) atoms. The van der Waals surface area contributed by atoms with Crippen LogP contribution in [0.4, 0.5) is 5.69 Å². The summed E-state index contributed by atoms with van der Waals surface area (Å²) in [6.45, 7) is 1.63. The number of ether oxygens (including phenoxy) is 2. The van der Waals surface area contributed by atoms with Crippen molar-refractivity contribution in [3.05, 3.63) is 59.7 Å². The zero-order valence-electron chi connectivity index (χ0n) is 13.4. The topological polar surface area (TPSA) is 71.0 Å². The van der Waals surface area contributed by atoms with Crippen molar-refractivity contribution < 1.29 is 19.5 Å². The molecule has 6 nitrogen and oxygen atoms in total. The average molecular weight is 328 g/mol. The largest absolute Gasteiger partial charge is 0.491 e. The molecule has 2 aromatic rings. The molecule has 0 saturated heterocycles. The van der Waals surface area contributed by atoms with E-state index in [9.17, 15) is 4.79 Å². The van der Waals surface area contributed by atoms with Gasteiger partial charge in [-0.15, -0.1) is 0 Å². The number of carbonyl (C=O) groups excluding carboxylic acids is 1. The highest BCUT2D eigenvalue weighted by Gasteiger charge is 2.25. The molecule has 0 fully saturated rings. The molecular weight excluding hydrogens is 308 g/mol. The molecule has 3 rings (SSSR count). The van der Waals surface area contributed by atoms with E-state index in [1.807, 2.05) is 24.3 Å². The van der Waals surface area contributed by atoms with Crippen LogP contribution in [0.3, 0.4) is 0 Å². The first-order chi connectivity index (χ1) is 11.7. The summed E-state index contributed by atoms with van der Waals surface area (Å²) in [6.07, 6.45) is 0. The Labute approximate surface area is 140 Å². The summed E-state index contributed by atoms with van der Waals surface area (Å²) in [6, 6.07) is 15.3. The highest BCUT2D eigenvalue weighted by molar-refractivity contribution is 5.93. The van der Waals surface area contributed by atoms with Gasteiger partial charge in [0.25, 0.3) is 5.91 Å². The van der Waals surface area contributed by atoms with Gasteiger partial charge in [0.2, 0.25) is 0 Å². The lowest BCUT2D eigenvalue weighted by Gasteiger charge is -2.30. The van der Waals surface area contributed by atoms with E-state index < -0.39 is 5.91 Å². The Morgan fingerprint density at radius 3 is 2.83 bits per heavy atom. The number of benzene rings is 2. The van der Waals surface area contributed by atoms with E-state index in [1.165, 1.54) is 0 Å². The van der Waals surface area contributed by atoms with E-state index in [4.69, 9.17) is 14.7 Å². The van der Waals surface area contributed by atoms with Crippen molar-refractivity contribution in [2.75, 3.05) is 25.2 Å². The van der Waals surface area contributed by atoms with Crippen molar-refractivity contribution >= 4 is 11.6 Å². The van der Waals surface area contributed by atoms with Gasteiger partial charge >= 0.3 is 0 Å². The second-order valence-corrected chi connectivity index (χ2v) is 5.65. The van der Waals surface area contributed by atoms with Crippen LogP contribution in [0.25, 0.3) is 0 Å². The number of hydrogen-bond acceptors (Lipinski definition) is 5. The van der Waals surface area contributed by atoms with Crippen molar-refractivity contribution in [2.45, 2.75) is 12.6 Å². The SMILES string of the molecule is COC[C@@H]1COc2cc(C(=O)NO)ccc2CN1c1ccccc1. The monoisotopic (exact) mass is 328 g/mol. The molecule has 0 unspecified atom stereocenters. The number of methoxy groups -OCH3 is 1. The molecule has 1 atom stereocenters. The zero-order valence-corrected chi connectivity index (χ0v) is 13.4. The maximum absolute atomic E-state index is 11.6. The lowest BCUT2D eigenvalue weighted by molar-refractivity contribution is 0.0706. The van der Waals surface area contributed by atoms with Crippen molar-refractivity contribution in [1.82, 2.24) is 5.48 Å². The quantitative estimate of drug-likeness (QED) is 0.665. The van der Waals surface area contributed by atoms with Crippen LogP contribution in [0.15, 0.2) is 48.5 Å². The Bertz CT molecular complexity index is 705. The highest BCUT2D eigenvalue weighted by Crippen LogP contribution is 2.29.